The molecule has 2 N–H and O–H groups in total. The predicted molar refractivity (Wildman–Crippen MR) is 129 cm³/mol. The van der Waals surface area contributed by atoms with Crippen molar-refractivity contribution < 1.29 is 22.7 Å². The number of benzene rings is 1. The Morgan fingerprint density at radius 1 is 1.03 bits per heavy atom. The topological polar surface area (TPSA) is 107 Å². The van der Waals surface area contributed by atoms with Crippen LogP contribution in [0.2, 0.25) is 0 Å². The van der Waals surface area contributed by atoms with Crippen molar-refractivity contribution in [1.82, 2.24) is 24.7 Å². The van der Waals surface area contributed by atoms with Crippen LogP contribution >= 0.6 is 0 Å². The predicted octanol–water partition coefficient (Wildman–Crippen LogP) is 5.02. The molecule has 1 aromatic carbocycles. The van der Waals surface area contributed by atoms with Crippen molar-refractivity contribution in [3.05, 3.63) is 72.4 Å². The molecule has 3 heterocycles. The first kappa shape index (κ1) is 24.2. The van der Waals surface area contributed by atoms with E-state index in [9.17, 15) is 18.0 Å². The molecule has 1 fully saturated rings. The van der Waals surface area contributed by atoms with E-state index in [1.54, 1.807) is 30.7 Å². The third-order valence-corrected chi connectivity index (χ3v) is 5.72. The van der Waals surface area contributed by atoms with Gasteiger partial charge in [0.05, 0.1) is 43.3 Å². The highest BCUT2D eigenvalue weighted by Gasteiger charge is 2.35. The van der Waals surface area contributed by atoms with Crippen LogP contribution in [-0.4, -0.2) is 37.7 Å². The molecule has 1 aliphatic carbocycles. The van der Waals surface area contributed by atoms with Gasteiger partial charge in [-0.3, -0.25) is 9.48 Å². The number of methoxy groups -OCH3 is 1. The number of amides is 1. The Morgan fingerprint density at radius 2 is 1.76 bits per heavy atom. The Labute approximate surface area is 209 Å². The van der Waals surface area contributed by atoms with E-state index in [4.69, 9.17) is 0 Å². The Balaban J connectivity index is 1.19. The Morgan fingerprint density at radius 3 is 2.41 bits per heavy atom. The molecule has 0 aliphatic heterocycles. The van der Waals surface area contributed by atoms with E-state index in [0.717, 1.165) is 49.0 Å². The summed E-state index contributed by atoms with van der Waals surface area (Å²) in [6, 6.07) is 8.47. The van der Waals surface area contributed by atoms with Gasteiger partial charge in [-0.25, -0.2) is 15.0 Å². The molecule has 1 aliphatic rings. The number of alkyl halides is 3. The fraction of sp³-hybridized carbons (Fsp3) is 0.240. The number of carbonyl (C=O) groups is 1. The molecule has 12 heteroatoms. The molecule has 1 saturated carbocycles. The first-order valence-corrected chi connectivity index (χ1v) is 11.4. The average molecular weight is 509 g/mol. The molecule has 0 saturated heterocycles. The molecule has 0 atom stereocenters. The number of hydrogen-bond donors (Lipinski definition) is 2. The van der Waals surface area contributed by atoms with Gasteiger partial charge >= 0.3 is 6.18 Å². The fourth-order valence-electron chi connectivity index (χ4n) is 3.70. The lowest BCUT2D eigenvalue weighted by molar-refractivity contribution is -0.139. The van der Waals surface area contributed by atoms with Gasteiger partial charge in [0.25, 0.3) is 0 Å². The van der Waals surface area contributed by atoms with Gasteiger partial charge in [0.1, 0.15) is 5.56 Å². The van der Waals surface area contributed by atoms with Crippen LogP contribution in [-0.2, 0) is 17.4 Å². The van der Waals surface area contributed by atoms with Gasteiger partial charge < -0.3 is 15.4 Å². The molecule has 190 valence electrons. The van der Waals surface area contributed by atoms with Crippen LogP contribution in [0.25, 0.3) is 11.1 Å². The summed E-state index contributed by atoms with van der Waals surface area (Å²) in [6.07, 6.45) is 5.79. The zero-order valence-electron chi connectivity index (χ0n) is 19.7. The summed E-state index contributed by atoms with van der Waals surface area (Å²) in [4.78, 5) is 24.7. The minimum Gasteiger partial charge on any atom is -0.481 e. The van der Waals surface area contributed by atoms with Crippen LogP contribution in [0.15, 0.2) is 61.3 Å². The molecule has 5 rings (SSSR count). The fourth-order valence-corrected chi connectivity index (χ4v) is 3.70. The second kappa shape index (κ2) is 9.88. The monoisotopic (exact) mass is 509 g/mol. The zero-order valence-corrected chi connectivity index (χ0v) is 19.7. The summed E-state index contributed by atoms with van der Waals surface area (Å²) >= 11 is 0. The van der Waals surface area contributed by atoms with E-state index in [2.05, 4.69) is 35.4 Å². The lowest BCUT2D eigenvalue weighted by Crippen LogP contribution is -2.16. The van der Waals surface area contributed by atoms with Gasteiger partial charge in [0.2, 0.25) is 17.7 Å². The second-order valence-electron chi connectivity index (χ2n) is 8.56. The minimum absolute atomic E-state index is 0.0262. The van der Waals surface area contributed by atoms with Crippen molar-refractivity contribution in [3.63, 3.8) is 0 Å². The third kappa shape index (κ3) is 5.85. The molecule has 37 heavy (non-hydrogen) atoms. The molecular weight excluding hydrogens is 487 g/mol. The summed E-state index contributed by atoms with van der Waals surface area (Å²) in [5.41, 5.74) is 2.02. The van der Waals surface area contributed by atoms with Crippen molar-refractivity contribution in [3.8, 4) is 17.0 Å². The molecule has 0 unspecified atom stereocenters. The number of rotatable bonds is 8. The van der Waals surface area contributed by atoms with E-state index in [-0.39, 0.29) is 12.1 Å². The van der Waals surface area contributed by atoms with Crippen molar-refractivity contribution in [2.75, 3.05) is 17.7 Å². The Bertz CT molecular complexity index is 1400. The normalized spacial score (nSPS) is 13.3. The molecule has 0 radical (unpaired) electrons. The summed E-state index contributed by atoms with van der Waals surface area (Å²) in [5, 5.41) is 9.91. The minimum atomic E-state index is -4.66. The summed E-state index contributed by atoms with van der Waals surface area (Å²) < 4.78 is 46.1. The van der Waals surface area contributed by atoms with Gasteiger partial charge in [-0.05, 0) is 30.0 Å². The molecule has 1 amide bonds. The molecule has 4 aromatic rings. The lowest BCUT2D eigenvalue weighted by Gasteiger charge is -2.13. The quantitative estimate of drug-likeness (QED) is 0.343. The number of nitrogens with zero attached hydrogens (tertiary/aromatic N) is 5. The van der Waals surface area contributed by atoms with Crippen molar-refractivity contribution in [2.24, 2.45) is 0 Å². The standard InChI is InChI=1S/C25H22F3N7O2/c1-37-23-21(25(26,27)28)9-18(12-29-23)33-22(36)8-15-2-4-16(5-3-15)17-10-30-24(31-11-17)34-19-13-32-35(14-19)20-6-7-20/h2-5,9-14,20H,6-8H2,1H3,(H,33,36)(H,30,31,34). The van der Waals surface area contributed by atoms with E-state index in [1.807, 2.05) is 23.0 Å². The number of anilines is 3. The maximum absolute atomic E-state index is 13.2. The van der Waals surface area contributed by atoms with Crippen LogP contribution in [0, 0.1) is 0 Å². The maximum atomic E-state index is 13.2. The van der Waals surface area contributed by atoms with Crippen LogP contribution in [0.5, 0.6) is 5.88 Å². The van der Waals surface area contributed by atoms with E-state index < -0.39 is 23.5 Å². The number of carbonyl (C=O) groups excluding carboxylic acids is 1. The second-order valence-corrected chi connectivity index (χ2v) is 8.56. The van der Waals surface area contributed by atoms with Crippen LogP contribution in [0.1, 0.15) is 30.0 Å². The zero-order chi connectivity index (χ0) is 26.0. The highest BCUT2D eigenvalue weighted by molar-refractivity contribution is 5.92. The van der Waals surface area contributed by atoms with Gasteiger partial charge in [-0.2, -0.15) is 18.3 Å². The van der Waals surface area contributed by atoms with Crippen LogP contribution < -0.4 is 15.4 Å². The molecule has 0 bridgehead atoms. The molecule has 9 nitrogen and oxygen atoms in total. The molecule has 3 aromatic heterocycles. The SMILES string of the molecule is COc1ncc(NC(=O)Cc2ccc(-c3cnc(Nc4cnn(C5CC5)c4)nc3)cc2)cc1C(F)(F)F. The Hall–Kier alpha value is -4.48. The third-order valence-electron chi connectivity index (χ3n) is 5.72. The van der Waals surface area contributed by atoms with Crippen molar-refractivity contribution in [2.45, 2.75) is 31.5 Å². The van der Waals surface area contributed by atoms with Crippen molar-refractivity contribution >= 4 is 23.2 Å². The smallest absolute Gasteiger partial charge is 0.421 e. The summed E-state index contributed by atoms with van der Waals surface area (Å²) in [6.45, 7) is 0. The number of ether oxygens (including phenoxy) is 1. The van der Waals surface area contributed by atoms with E-state index >= 15 is 0 Å². The highest BCUT2D eigenvalue weighted by Crippen LogP contribution is 2.36. The maximum Gasteiger partial charge on any atom is 0.421 e. The van der Waals surface area contributed by atoms with Crippen molar-refractivity contribution in [1.29, 1.82) is 0 Å². The Kier molecular flexibility index (Phi) is 6.47. The average Bonchev–Trinajstić information content (AvgIpc) is 3.63. The number of aromatic nitrogens is 5. The first-order valence-electron chi connectivity index (χ1n) is 11.4. The van der Waals surface area contributed by atoms with Gasteiger partial charge in [0, 0.05) is 24.2 Å². The largest absolute Gasteiger partial charge is 0.481 e. The van der Waals surface area contributed by atoms with E-state index in [0.29, 0.717) is 17.6 Å². The van der Waals surface area contributed by atoms with Crippen LogP contribution in [0.4, 0.5) is 30.5 Å². The summed E-state index contributed by atoms with van der Waals surface area (Å²) in [5.74, 6) is -0.579. The lowest BCUT2D eigenvalue weighted by atomic mass is 10.0. The summed E-state index contributed by atoms with van der Waals surface area (Å²) in [7, 11) is 1.10. The molecule has 0 spiro atoms. The number of halogens is 3. The first-order chi connectivity index (χ1) is 17.8. The van der Waals surface area contributed by atoms with Gasteiger partial charge in [-0.15, -0.1) is 0 Å². The molecular formula is C25H22F3N7O2. The van der Waals surface area contributed by atoms with Crippen LogP contribution in [0.3, 0.4) is 0 Å². The number of pyridine rings is 1. The van der Waals surface area contributed by atoms with Gasteiger partial charge in [-0.1, -0.05) is 24.3 Å². The number of hydrogen-bond acceptors (Lipinski definition) is 7. The van der Waals surface area contributed by atoms with E-state index in [1.165, 1.54) is 0 Å². The number of nitrogens with one attached hydrogen (secondary N) is 2. The highest BCUT2D eigenvalue weighted by atomic mass is 19.4. The van der Waals surface area contributed by atoms with Gasteiger partial charge in [0.15, 0.2) is 0 Å².